The van der Waals surface area contributed by atoms with E-state index in [1.54, 1.807) is 0 Å². The fraction of sp³-hybridized carbons (Fsp3) is 0. The van der Waals surface area contributed by atoms with Gasteiger partial charge in [0.1, 0.15) is 16.7 Å². The van der Waals surface area contributed by atoms with Crippen LogP contribution in [0.15, 0.2) is 203 Å². The number of nitrogens with zero attached hydrogens (tertiary/aromatic N) is 4. The van der Waals surface area contributed by atoms with Crippen molar-refractivity contribution in [1.82, 2.24) is 19.9 Å². The van der Waals surface area contributed by atoms with Crippen molar-refractivity contribution in [2.75, 3.05) is 0 Å². The lowest BCUT2D eigenvalue weighted by Gasteiger charge is -2.08. The molecular weight excluding hydrogens is 713 g/mol. The second kappa shape index (κ2) is 14.0. The highest BCUT2D eigenvalue weighted by Crippen LogP contribution is 2.38. The molecule has 0 aliphatic rings. The molecule has 0 spiro atoms. The molecule has 11 rings (SSSR count). The molecule has 0 aliphatic carbocycles. The summed E-state index contributed by atoms with van der Waals surface area (Å²) in [6.07, 6.45) is 0. The van der Waals surface area contributed by atoms with Crippen LogP contribution in [0.3, 0.4) is 0 Å². The zero-order valence-corrected chi connectivity index (χ0v) is 31.1. The first-order valence-corrected chi connectivity index (χ1v) is 19.2. The molecule has 0 saturated carbocycles. The number of hydrogen-bond donors (Lipinski definition) is 0. The van der Waals surface area contributed by atoms with E-state index in [0.717, 1.165) is 77.5 Å². The maximum atomic E-state index is 6.50. The normalized spacial score (nSPS) is 11.4. The fourth-order valence-corrected chi connectivity index (χ4v) is 7.65. The second-order valence-corrected chi connectivity index (χ2v) is 14.3. The minimum atomic E-state index is 0.582. The molecule has 8 aromatic carbocycles. The first-order chi connectivity index (χ1) is 28.7. The first kappa shape index (κ1) is 33.4. The number of hydrogen-bond acceptors (Lipinski definition) is 6. The topological polar surface area (TPSA) is 77.8 Å². The molecule has 0 saturated heterocycles. The summed E-state index contributed by atoms with van der Waals surface area (Å²) in [6.45, 7) is 0. The van der Waals surface area contributed by atoms with Gasteiger partial charge in [0.25, 0.3) is 0 Å². The van der Waals surface area contributed by atoms with Gasteiger partial charge in [-0.2, -0.15) is 0 Å². The van der Waals surface area contributed by atoms with E-state index in [1.165, 1.54) is 11.1 Å². The van der Waals surface area contributed by atoms with Gasteiger partial charge < -0.3 is 8.83 Å². The molecule has 3 aromatic heterocycles. The third kappa shape index (κ3) is 6.10. The zero-order valence-electron chi connectivity index (χ0n) is 31.1. The van der Waals surface area contributed by atoms with Crippen molar-refractivity contribution in [3.63, 3.8) is 0 Å². The summed E-state index contributed by atoms with van der Waals surface area (Å²) in [5, 5.41) is 2.04. The lowest BCUT2D eigenvalue weighted by Crippen LogP contribution is -2.00. The van der Waals surface area contributed by atoms with E-state index < -0.39 is 0 Å². The Morgan fingerprint density at radius 1 is 0.276 bits per heavy atom. The summed E-state index contributed by atoms with van der Waals surface area (Å²) < 4.78 is 12.9. The lowest BCUT2D eigenvalue weighted by atomic mass is 9.97. The largest absolute Gasteiger partial charge is 0.456 e. The van der Waals surface area contributed by atoms with E-state index in [4.69, 9.17) is 28.8 Å². The standard InChI is InChI=1S/C52H32N4O2/c1-4-12-33(13-5-1)34-20-22-35(23-21-34)41-18-10-11-19-43(41)52-53-45-28-25-39(31-48(45)58-52)38-26-29-46-44(30-38)42-27-24-40(32-47(42)57-46)51-55-49(36-14-6-2-7-15-36)54-50(56-51)37-16-8-3-9-17-37/h1-32H. The summed E-state index contributed by atoms with van der Waals surface area (Å²) in [7, 11) is 0. The van der Waals surface area contributed by atoms with Crippen molar-refractivity contribution in [2.45, 2.75) is 0 Å². The van der Waals surface area contributed by atoms with Crippen LogP contribution in [0.4, 0.5) is 0 Å². The Labute approximate surface area is 333 Å². The fourth-order valence-electron chi connectivity index (χ4n) is 7.65. The summed E-state index contributed by atoms with van der Waals surface area (Å²) in [5.74, 6) is 2.41. The van der Waals surface area contributed by atoms with Crippen molar-refractivity contribution >= 4 is 33.0 Å². The number of aromatic nitrogens is 4. The predicted octanol–water partition coefficient (Wildman–Crippen LogP) is 13.6. The molecule has 0 atom stereocenters. The Balaban J connectivity index is 0.923. The number of rotatable bonds is 7. The van der Waals surface area contributed by atoms with E-state index >= 15 is 0 Å². The minimum absolute atomic E-state index is 0.582. The number of furan rings is 1. The molecule has 0 fully saturated rings. The van der Waals surface area contributed by atoms with Crippen LogP contribution in [0.1, 0.15) is 0 Å². The molecule has 0 bridgehead atoms. The summed E-state index contributed by atoms with van der Waals surface area (Å²) >= 11 is 0. The highest BCUT2D eigenvalue weighted by Gasteiger charge is 2.17. The first-order valence-electron chi connectivity index (χ1n) is 19.2. The third-order valence-corrected chi connectivity index (χ3v) is 10.6. The maximum Gasteiger partial charge on any atom is 0.227 e. The molecule has 58 heavy (non-hydrogen) atoms. The monoisotopic (exact) mass is 744 g/mol. The summed E-state index contributed by atoms with van der Waals surface area (Å²) in [4.78, 5) is 19.6. The molecule has 272 valence electrons. The van der Waals surface area contributed by atoms with E-state index in [1.807, 2.05) is 91.0 Å². The van der Waals surface area contributed by atoms with Crippen LogP contribution < -0.4 is 0 Å². The van der Waals surface area contributed by atoms with Crippen LogP contribution in [0, 0.1) is 0 Å². The van der Waals surface area contributed by atoms with Crippen LogP contribution in [0.5, 0.6) is 0 Å². The molecule has 6 nitrogen and oxygen atoms in total. The van der Waals surface area contributed by atoms with Gasteiger partial charge >= 0.3 is 0 Å². The SMILES string of the molecule is c1ccc(-c2ccc(-c3ccccc3-c3nc4ccc(-c5ccc6oc7cc(-c8nc(-c9ccccc9)nc(-c9ccccc9)n8)ccc7c6c5)cc4o3)cc2)cc1. The molecule has 0 amide bonds. The molecule has 11 aromatic rings. The molecule has 6 heteroatoms. The van der Waals surface area contributed by atoms with Gasteiger partial charge in [0.15, 0.2) is 23.1 Å². The number of oxazole rings is 1. The quantitative estimate of drug-likeness (QED) is 0.162. The van der Waals surface area contributed by atoms with Gasteiger partial charge in [-0.05, 0) is 75.8 Å². The van der Waals surface area contributed by atoms with Gasteiger partial charge in [-0.15, -0.1) is 0 Å². The number of benzene rings is 8. The Kier molecular flexibility index (Phi) is 8.04. The summed E-state index contributed by atoms with van der Waals surface area (Å²) in [5.41, 5.74) is 13.4. The van der Waals surface area contributed by atoms with Gasteiger partial charge in [-0.1, -0.05) is 152 Å². The van der Waals surface area contributed by atoms with Crippen molar-refractivity contribution < 1.29 is 8.83 Å². The van der Waals surface area contributed by atoms with Crippen LogP contribution in [-0.4, -0.2) is 19.9 Å². The van der Waals surface area contributed by atoms with Crippen LogP contribution >= 0.6 is 0 Å². The van der Waals surface area contributed by atoms with Gasteiger partial charge in [0.05, 0.1) is 0 Å². The molecule has 0 radical (unpaired) electrons. The minimum Gasteiger partial charge on any atom is -0.456 e. The van der Waals surface area contributed by atoms with Crippen molar-refractivity contribution in [3.8, 4) is 79.0 Å². The average molecular weight is 745 g/mol. The van der Waals surface area contributed by atoms with Gasteiger partial charge in [-0.3, -0.25) is 0 Å². The molecule has 0 N–H and O–H groups in total. The van der Waals surface area contributed by atoms with Gasteiger partial charge in [0, 0.05) is 33.0 Å². The number of fused-ring (bicyclic) bond motifs is 4. The molecule has 0 unspecified atom stereocenters. The second-order valence-electron chi connectivity index (χ2n) is 14.3. The van der Waals surface area contributed by atoms with E-state index in [2.05, 4.69) is 103 Å². The Morgan fingerprint density at radius 3 is 1.47 bits per heavy atom. The van der Waals surface area contributed by atoms with E-state index in [9.17, 15) is 0 Å². The van der Waals surface area contributed by atoms with Crippen LogP contribution in [0.2, 0.25) is 0 Å². The van der Waals surface area contributed by atoms with Gasteiger partial charge in [0.2, 0.25) is 5.89 Å². The highest BCUT2D eigenvalue weighted by molar-refractivity contribution is 6.07. The Bertz CT molecular complexity index is 3210. The van der Waals surface area contributed by atoms with Crippen LogP contribution in [-0.2, 0) is 0 Å². The van der Waals surface area contributed by atoms with Crippen LogP contribution in [0.25, 0.3) is 112 Å². The predicted molar refractivity (Wildman–Crippen MR) is 233 cm³/mol. The molecular formula is C52H32N4O2. The summed E-state index contributed by atoms with van der Waals surface area (Å²) in [6, 6.07) is 66.0. The average Bonchev–Trinajstić information content (AvgIpc) is 3.90. The Hall–Kier alpha value is -7.96. The van der Waals surface area contributed by atoms with Crippen molar-refractivity contribution in [3.05, 3.63) is 194 Å². The molecule has 0 aliphatic heterocycles. The highest BCUT2D eigenvalue weighted by atomic mass is 16.3. The van der Waals surface area contributed by atoms with Crippen molar-refractivity contribution in [2.24, 2.45) is 0 Å². The Morgan fingerprint density at radius 2 is 0.776 bits per heavy atom. The lowest BCUT2D eigenvalue weighted by molar-refractivity contribution is 0.620. The zero-order chi connectivity index (χ0) is 38.4. The smallest absolute Gasteiger partial charge is 0.227 e. The maximum absolute atomic E-state index is 6.50. The van der Waals surface area contributed by atoms with E-state index in [-0.39, 0.29) is 0 Å². The van der Waals surface area contributed by atoms with Gasteiger partial charge in [-0.25, -0.2) is 19.9 Å². The van der Waals surface area contributed by atoms with Crippen molar-refractivity contribution in [1.29, 1.82) is 0 Å². The van der Waals surface area contributed by atoms with E-state index in [0.29, 0.717) is 23.4 Å². The molecule has 3 heterocycles. The third-order valence-electron chi connectivity index (χ3n) is 10.6.